The Morgan fingerprint density at radius 2 is 2.29 bits per heavy atom. The van der Waals surface area contributed by atoms with Gasteiger partial charge in [-0.3, -0.25) is 9.59 Å². The van der Waals surface area contributed by atoms with Crippen LogP contribution in [0.1, 0.15) is 43.7 Å². The van der Waals surface area contributed by atoms with Crippen LogP contribution < -0.4 is 5.32 Å². The van der Waals surface area contributed by atoms with Gasteiger partial charge in [0.2, 0.25) is 11.8 Å². The molecule has 1 aromatic rings. The summed E-state index contributed by atoms with van der Waals surface area (Å²) in [7, 11) is 0. The monoisotopic (exact) mass is 330 g/mol. The number of aliphatic hydroxyl groups excluding tert-OH is 1. The summed E-state index contributed by atoms with van der Waals surface area (Å²) in [6.45, 7) is 3.31. The summed E-state index contributed by atoms with van der Waals surface area (Å²) >= 11 is 0. The number of carbonyl (C=O) groups is 2. The fraction of sp³-hybridized carbons (Fsp3) is 0.579. The van der Waals surface area contributed by atoms with Crippen molar-refractivity contribution in [3.05, 3.63) is 29.3 Å². The molecule has 0 bridgehead atoms. The van der Waals surface area contributed by atoms with Crippen LogP contribution in [0.25, 0.3) is 0 Å². The molecule has 0 saturated carbocycles. The lowest BCUT2D eigenvalue weighted by Gasteiger charge is -2.34. The number of anilines is 1. The highest BCUT2D eigenvalue weighted by atomic mass is 16.3. The second-order valence-electron chi connectivity index (χ2n) is 7.05. The van der Waals surface area contributed by atoms with E-state index in [4.69, 9.17) is 0 Å². The number of aliphatic hydroxyl groups is 1. The van der Waals surface area contributed by atoms with Crippen molar-refractivity contribution in [3.63, 3.8) is 0 Å². The Bertz CT molecular complexity index is 627. The minimum Gasteiger partial charge on any atom is -0.393 e. The number of aryl methyl sites for hydroxylation is 1. The average molecular weight is 330 g/mol. The van der Waals surface area contributed by atoms with Gasteiger partial charge in [0, 0.05) is 31.1 Å². The normalized spacial score (nSPS) is 21.3. The van der Waals surface area contributed by atoms with E-state index in [-0.39, 0.29) is 23.8 Å². The molecule has 1 saturated heterocycles. The summed E-state index contributed by atoms with van der Waals surface area (Å²) in [5.41, 5.74) is 3.15. The van der Waals surface area contributed by atoms with Crippen LogP contribution in [0.4, 0.5) is 5.69 Å². The van der Waals surface area contributed by atoms with Crippen LogP contribution in [0.15, 0.2) is 18.2 Å². The number of amides is 2. The van der Waals surface area contributed by atoms with Gasteiger partial charge in [0.1, 0.15) is 0 Å². The molecule has 2 unspecified atom stereocenters. The number of hydrogen-bond donors (Lipinski definition) is 2. The van der Waals surface area contributed by atoms with E-state index in [2.05, 4.69) is 11.4 Å². The van der Waals surface area contributed by atoms with Gasteiger partial charge in [-0.1, -0.05) is 12.1 Å². The van der Waals surface area contributed by atoms with Crippen molar-refractivity contribution in [2.45, 2.75) is 51.6 Å². The lowest BCUT2D eigenvalue weighted by Crippen LogP contribution is -2.42. The zero-order valence-electron chi connectivity index (χ0n) is 14.3. The Morgan fingerprint density at radius 1 is 1.46 bits per heavy atom. The van der Waals surface area contributed by atoms with E-state index in [1.807, 2.05) is 24.0 Å². The van der Waals surface area contributed by atoms with E-state index >= 15 is 0 Å². The fourth-order valence-corrected chi connectivity index (χ4v) is 3.67. The van der Waals surface area contributed by atoms with Crippen molar-refractivity contribution in [1.82, 2.24) is 4.90 Å². The largest absolute Gasteiger partial charge is 0.393 e. The first-order valence-electron chi connectivity index (χ1n) is 8.90. The second-order valence-corrected chi connectivity index (χ2v) is 7.05. The molecule has 3 rings (SSSR count). The van der Waals surface area contributed by atoms with Gasteiger partial charge in [-0.2, -0.15) is 0 Å². The van der Waals surface area contributed by atoms with E-state index in [1.165, 1.54) is 5.56 Å². The molecule has 0 aromatic heterocycles. The Labute approximate surface area is 143 Å². The summed E-state index contributed by atoms with van der Waals surface area (Å²) < 4.78 is 0. The van der Waals surface area contributed by atoms with Gasteiger partial charge < -0.3 is 15.3 Å². The number of benzene rings is 1. The number of likely N-dealkylation sites (tertiary alicyclic amines) is 1. The molecule has 5 heteroatoms. The Balaban J connectivity index is 1.47. The lowest BCUT2D eigenvalue weighted by atomic mass is 9.93. The van der Waals surface area contributed by atoms with Gasteiger partial charge in [0.25, 0.3) is 0 Å². The molecule has 2 aliphatic rings. The second kappa shape index (κ2) is 7.34. The summed E-state index contributed by atoms with van der Waals surface area (Å²) in [5.74, 6) is 0.456. The summed E-state index contributed by atoms with van der Waals surface area (Å²) in [6.07, 6.45) is 4.30. The van der Waals surface area contributed by atoms with Gasteiger partial charge in [-0.15, -0.1) is 0 Å². The molecular weight excluding hydrogens is 304 g/mol. The third-order valence-corrected chi connectivity index (χ3v) is 5.14. The van der Waals surface area contributed by atoms with Gasteiger partial charge >= 0.3 is 0 Å². The van der Waals surface area contributed by atoms with Crippen molar-refractivity contribution in [3.8, 4) is 0 Å². The van der Waals surface area contributed by atoms with Crippen LogP contribution >= 0.6 is 0 Å². The zero-order valence-corrected chi connectivity index (χ0v) is 14.3. The number of hydrogen-bond acceptors (Lipinski definition) is 3. The summed E-state index contributed by atoms with van der Waals surface area (Å²) in [5, 5.41) is 12.6. The van der Waals surface area contributed by atoms with E-state index in [9.17, 15) is 14.7 Å². The molecule has 2 atom stereocenters. The average Bonchev–Trinajstić information content (AvgIpc) is 2.94. The molecule has 0 radical (unpaired) electrons. The molecule has 130 valence electrons. The topological polar surface area (TPSA) is 69.6 Å². The first-order chi connectivity index (χ1) is 11.5. The molecule has 2 amide bonds. The van der Waals surface area contributed by atoms with Crippen molar-refractivity contribution in [2.75, 3.05) is 18.4 Å². The number of rotatable bonds is 5. The molecule has 2 aliphatic heterocycles. The quantitative estimate of drug-likeness (QED) is 0.869. The lowest BCUT2D eigenvalue weighted by molar-refractivity contribution is -0.133. The maximum Gasteiger partial charge on any atom is 0.228 e. The first-order valence-corrected chi connectivity index (χ1v) is 8.90. The Morgan fingerprint density at radius 3 is 3.08 bits per heavy atom. The molecule has 0 aliphatic carbocycles. The van der Waals surface area contributed by atoms with Crippen LogP contribution in [-0.4, -0.2) is 41.0 Å². The van der Waals surface area contributed by atoms with E-state index in [0.717, 1.165) is 43.5 Å². The third-order valence-electron chi connectivity index (χ3n) is 5.14. The summed E-state index contributed by atoms with van der Waals surface area (Å²) in [6, 6.07) is 6.05. The van der Waals surface area contributed by atoms with Crippen LogP contribution in [0.2, 0.25) is 0 Å². The standard InChI is InChI=1S/C19H26N2O3/c1-13(22)15-5-3-9-21(12-15)19(24)6-2-4-14-7-8-17-16(10-14)11-18(23)20-17/h7-8,10,13,15,22H,2-6,9,11-12H2,1H3,(H,20,23). The number of nitrogens with zero attached hydrogens (tertiary/aromatic N) is 1. The number of piperidine rings is 1. The number of carbonyl (C=O) groups excluding carboxylic acids is 2. The van der Waals surface area contributed by atoms with Crippen molar-refractivity contribution < 1.29 is 14.7 Å². The maximum atomic E-state index is 12.4. The minimum absolute atomic E-state index is 0.0510. The van der Waals surface area contributed by atoms with Crippen LogP contribution in [0.3, 0.4) is 0 Å². The third kappa shape index (κ3) is 3.96. The Kier molecular flexibility index (Phi) is 5.19. The molecule has 2 heterocycles. The summed E-state index contributed by atoms with van der Waals surface area (Å²) in [4.78, 5) is 25.7. The van der Waals surface area contributed by atoms with E-state index in [1.54, 1.807) is 0 Å². The van der Waals surface area contributed by atoms with E-state index < -0.39 is 0 Å². The highest BCUT2D eigenvalue weighted by Crippen LogP contribution is 2.25. The number of nitrogens with one attached hydrogen (secondary N) is 1. The predicted octanol–water partition coefficient (Wildman–Crippen LogP) is 2.12. The van der Waals surface area contributed by atoms with Gasteiger partial charge in [-0.25, -0.2) is 0 Å². The molecule has 5 nitrogen and oxygen atoms in total. The van der Waals surface area contributed by atoms with Crippen molar-refractivity contribution in [1.29, 1.82) is 0 Å². The van der Waals surface area contributed by atoms with Crippen molar-refractivity contribution >= 4 is 17.5 Å². The highest BCUT2D eigenvalue weighted by molar-refractivity contribution is 5.99. The smallest absolute Gasteiger partial charge is 0.228 e. The molecular formula is C19H26N2O3. The highest BCUT2D eigenvalue weighted by Gasteiger charge is 2.26. The van der Waals surface area contributed by atoms with Crippen LogP contribution in [-0.2, 0) is 22.4 Å². The van der Waals surface area contributed by atoms with Crippen LogP contribution in [0, 0.1) is 5.92 Å². The molecule has 24 heavy (non-hydrogen) atoms. The van der Waals surface area contributed by atoms with Crippen LogP contribution in [0.5, 0.6) is 0 Å². The van der Waals surface area contributed by atoms with Gasteiger partial charge in [-0.05, 0) is 49.8 Å². The fourth-order valence-electron chi connectivity index (χ4n) is 3.67. The zero-order chi connectivity index (χ0) is 17.1. The van der Waals surface area contributed by atoms with Gasteiger partial charge in [0.05, 0.1) is 12.5 Å². The first kappa shape index (κ1) is 17.0. The Hall–Kier alpha value is -1.88. The predicted molar refractivity (Wildman–Crippen MR) is 92.7 cm³/mol. The molecule has 2 N–H and O–H groups in total. The molecule has 1 aromatic carbocycles. The molecule has 1 fully saturated rings. The maximum absolute atomic E-state index is 12.4. The molecule has 0 spiro atoms. The minimum atomic E-state index is -0.344. The number of fused-ring (bicyclic) bond motifs is 1. The SMILES string of the molecule is CC(O)C1CCCN(C(=O)CCCc2ccc3c(c2)CC(=O)N3)C1. The van der Waals surface area contributed by atoms with Gasteiger partial charge in [0.15, 0.2) is 0 Å². The van der Waals surface area contributed by atoms with E-state index in [0.29, 0.717) is 19.4 Å². The van der Waals surface area contributed by atoms with Crippen molar-refractivity contribution in [2.24, 2.45) is 5.92 Å².